The van der Waals surface area contributed by atoms with Crippen molar-refractivity contribution in [3.8, 4) is 28.4 Å². The summed E-state index contributed by atoms with van der Waals surface area (Å²) in [5.74, 6) is 1.36. The molecule has 0 bridgehead atoms. The molecule has 3 rings (SSSR count). The van der Waals surface area contributed by atoms with Gasteiger partial charge in [-0.05, 0) is 44.5 Å². The lowest BCUT2D eigenvalue weighted by molar-refractivity contribution is 0.0772. The van der Waals surface area contributed by atoms with Gasteiger partial charge in [-0.1, -0.05) is 30.3 Å². The van der Waals surface area contributed by atoms with Crippen molar-refractivity contribution in [2.45, 2.75) is 20.8 Å². The molecule has 29 heavy (non-hydrogen) atoms. The van der Waals surface area contributed by atoms with E-state index in [0.29, 0.717) is 30.2 Å². The molecule has 0 fully saturated rings. The Morgan fingerprint density at radius 2 is 1.59 bits per heavy atom. The highest BCUT2D eigenvalue weighted by Gasteiger charge is 2.23. The quantitative estimate of drug-likeness (QED) is 0.571. The Labute approximate surface area is 172 Å². The van der Waals surface area contributed by atoms with Crippen LogP contribution in [0.2, 0.25) is 0 Å². The van der Waals surface area contributed by atoms with Crippen LogP contribution in [-0.4, -0.2) is 42.7 Å². The maximum absolute atomic E-state index is 13.1. The maximum atomic E-state index is 13.1. The van der Waals surface area contributed by atoms with Gasteiger partial charge in [0, 0.05) is 30.5 Å². The Bertz CT molecular complexity index is 989. The second-order valence-corrected chi connectivity index (χ2v) is 6.75. The lowest BCUT2D eigenvalue weighted by Crippen LogP contribution is -2.30. The fourth-order valence-corrected chi connectivity index (χ4v) is 3.62. The monoisotopic (exact) mass is 392 g/mol. The standard InChI is InChI=1S/C24H28N2O3/c1-6-25(7-2)24(27)20-16-21(18-11-9-8-10-12-18)26(17(20)3)19-13-14-22(28-4)23(15-19)29-5/h8-16H,6-7H2,1-5H3. The van der Waals surface area contributed by atoms with Crippen molar-refractivity contribution in [2.24, 2.45) is 0 Å². The third kappa shape index (κ3) is 3.86. The molecule has 2 aromatic carbocycles. The number of ether oxygens (including phenoxy) is 2. The van der Waals surface area contributed by atoms with E-state index in [-0.39, 0.29) is 5.91 Å². The van der Waals surface area contributed by atoms with Gasteiger partial charge in [0.25, 0.3) is 5.91 Å². The first-order chi connectivity index (χ1) is 14.0. The molecule has 0 saturated carbocycles. The zero-order chi connectivity index (χ0) is 21.0. The van der Waals surface area contributed by atoms with E-state index in [9.17, 15) is 4.79 Å². The molecule has 0 spiro atoms. The van der Waals surface area contributed by atoms with E-state index >= 15 is 0 Å². The van der Waals surface area contributed by atoms with Gasteiger partial charge in [0.05, 0.1) is 25.5 Å². The molecule has 1 amide bonds. The first kappa shape index (κ1) is 20.5. The highest BCUT2D eigenvalue weighted by molar-refractivity contribution is 5.97. The van der Waals surface area contributed by atoms with Crippen LogP contribution in [0, 0.1) is 6.92 Å². The first-order valence-corrected chi connectivity index (χ1v) is 9.85. The normalized spacial score (nSPS) is 10.7. The Hall–Kier alpha value is -3.21. The lowest BCUT2D eigenvalue weighted by atomic mass is 10.1. The second-order valence-electron chi connectivity index (χ2n) is 6.75. The van der Waals surface area contributed by atoms with E-state index < -0.39 is 0 Å². The average Bonchev–Trinajstić information content (AvgIpc) is 3.11. The van der Waals surface area contributed by atoms with Crippen molar-refractivity contribution in [1.82, 2.24) is 9.47 Å². The predicted molar refractivity (Wildman–Crippen MR) is 116 cm³/mol. The first-order valence-electron chi connectivity index (χ1n) is 9.85. The van der Waals surface area contributed by atoms with Crippen LogP contribution >= 0.6 is 0 Å². The molecule has 152 valence electrons. The summed E-state index contributed by atoms with van der Waals surface area (Å²) in [6.07, 6.45) is 0. The van der Waals surface area contributed by atoms with Crippen LogP contribution < -0.4 is 9.47 Å². The minimum atomic E-state index is 0.0453. The highest BCUT2D eigenvalue weighted by Crippen LogP contribution is 2.34. The smallest absolute Gasteiger partial charge is 0.255 e. The lowest BCUT2D eigenvalue weighted by Gasteiger charge is -2.19. The summed E-state index contributed by atoms with van der Waals surface area (Å²) >= 11 is 0. The van der Waals surface area contributed by atoms with Gasteiger partial charge < -0.3 is 18.9 Å². The Morgan fingerprint density at radius 3 is 2.17 bits per heavy atom. The number of amides is 1. The van der Waals surface area contributed by atoms with E-state index in [1.54, 1.807) is 14.2 Å². The van der Waals surface area contributed by atoms with E-state index in [1.807, 2.05) is 68.1 Å². The molecule has 0 N–H and O–H groups in total. The van der Waals surface area contributed by atoms with Gasteiger partial charge in [0.1, 0.15) is 0 Å². The zero-order valence-corrected chi connectivity index (χ0v) is 17.7. The van der Waals surface area contributed by atoms with E-state index in [2.05, 4.69) is 16.7 Å². The number of rotatable bonds is 7. The predicted octanol–water partition coefficient (Wildman–Crippen LogP) is 4.95. The summed E-state index contributed by atoms with van der Waals surface area (Å²) in [5.41, 5.74) is 4.53. The third-order valence-electron chi connectivity index (χ3n) is 5.22. The fourth-order valence-electron chi connectivity index (χ4n) is 3.62. The maximum Gasteiger partial charge on any atom is 0.255 e. The topological polar surface area (TPSA) is 43.7 Å². The van der Waals surface area contributed by atoms with Crippen LogP contribution in [0.25, 0.3) is 16.9 Å². The van der Waals surface area contributed by atoms with Gasteiger partial charge in [-0.15, -0.1) is 0 Å². The average molecular weight is 392 g/mol. The van der Waals surface area contributed by atoms with Gasteiger partial charge in [-0.2, -0.15) is 0 Å². The van der Waals surface area contributed by atoms with Gasteiger partial charge >= 0.3 is 0 Å². The number of carbonyl (C=O) groups excluding carboxylic acids is 1. The molecule has 0 saturated heterocycles. The summed E-state index contributed by atoms with van der Waals surface area (Å²) in [7, 11) is 3.24. The Kier molecular flexibility index (Phi) is 6.27. The number of carbonyl (C=O) groups is 1. The molecule has 3 aromatic rings. The van der Waals surface area contributed by atoms with E-state index in [4.69, 9.17) is 9.47 Å². The summed E-state index contributed by atoms with van der Waals surface area (Å²) in [6.45, 7) is 7.34. The van der Waals surface area contributed by atoms with Crippen LogP contribution in [-0.2, 0) is 0 Å². The van der Waals surface area contributed by atoms with Crippen LogP contribution in [0.5, 0.6) is 11.5 Å². The number of hydrogen-bond acceptors (Lipinski definition) is 3. The van der Waals surface area contributed by atoms with Crippen LogP contribution in [0.3, 0.4) is 0 Å². The number of hydrogen-bond donors (Lipinski definition) is 0. The molecule has 0 aliphatic heterocycles. The Balaban J connectivity index is 2.23. The highest BCUT2D eigenvalue weighted by atomic mass is 16.5. The van der Waals surface area contributed by atoms with Crippen molar-refractivity contribution in [3.63, 3.8) is 0 Å². The van der Waals surface area contributed by atoms with Crippen LogP contribution in [0.1, 0.15) is 29.9 Å². The van der Waals surface area contributed by atoms with Crippen molar-refractivity contribution >= 4 is 5.91 Å². The minimum absolute atomic E-state index is 0.0453. The van der Waals surface area contributed by atoms with Crippen LogP contribution in [0.4, 0.5) is 0 Å². The second kappa shape index (κ2) is 8.86. The van der Waals surface area contributed by atoms with Gasteiger partial charge in [-0.25, -0.2) is 0 Å². The molecule has 0 radical (unpaired) electrons. The fraction of sp³-hybridized carbons (Fsp3) is 0.292. The largest absolute Gasteiger partial charge is 0.493 e. The molecule has 5 heteroatoms. The van der Waals surface area contributed by atoms with Crippen molar-refractivity contribution < 1.29 is 14.3 Å². The molecular formula is C24H28N2O3. The third-order valence-corrected chi connectivity index (χ3v) is 5.22. The van der Waals surface area contributed by atoms with Gasteiger partial charge in [-0.3, -0.25) is 4.79 Å². The molecule has 1 heterocycles. The number of aromatic nitrogens is 1. The summed E-state index contributed by atoms with van der Waals surface area (Å²) in [4.78, 5) is 15.0. The van der Waals surface area contributed by atoms with Crippen molar-refractivity contribution in [1.29, 1.82) is 0 Å². The molecular weight excluding hydrogens is 364 g/mol. The minimum Gasteiger partial charge on any atom is -0.493 e. The molecule has 0 unspecified atom stereocenters. The summed E-state index contributed by atoms with van der Waals surface area (Å²) in [5, 5.41) is 0. The Morgan fingerprint density at radius 1 is 0.931 bits per heavy atom. The molecule has 0 aliphatic carbocycles. The summed E-state index contributed by atoms with van der Waals surface area (Å²) < 4.78 is 13.0. The molecule has 1 aromatic heterocycles. The molecule has 0 atom stereocenters. The van der Waals surface area contributed by atoms with E-state index in [0.717, 1.165) is 22.6 Å². The summed E-state index contributed by atoms with van der Waals surface area (Å²) in [6, 6.07) is 17.9. The zero-order valence-electron chi connectivity index (χ0n) is 17.7. The van der Waals surface area contributed by atoms with Crippen molar-refractivity contribution in [2.75, 3.05) is 27.3 Å². The number of methoxy groups -OCH3 is 2. The van der Waals surface area contributed by atoms with Gasteiger partial charge in [0.2, 0.25) is 0 Å². The van der Waals surface area contributed by atoms with E-state index in [1.165, 1.54) is 0 Å². The van der Waals surface area contributed by atoms with Crippen LogP contribution in [0.15, 0.2) is 54.6 Å². The molecule has 5 nitrogen and oxygen atoms in total. The van der Waals surface area contributed by atoms with Gasteiger partial charge in [0.15, 0.2) is 11.5 Å². The molecule has 0 aliphatic rings. The number of nitrogens with zero attached hydrogens (tertiary/aromatic N) is 2. The van der Waals surface area contributed by atoms with Crippen molar-refractivity contribution in [3.05, 3.63) is 65.9 Å². The number of benzene rings is 2. The SMILES string of the molecule is CCN(CC)C(=O)c1cc(-c2ccccc2)n(-c2ccc(OC)c(OC)c2)c1C.